The summed E-state index contributed by atoms with van der Waals surface area (Å²) in [6, 6.07) is 5.79. The van der Waals surface area contributed by atoms with Gasteiger partial charge in [0.25, 0.3) is 0 Å². The van der Waals surface area contributed by atoms with Gasteiger partial charge in [0.1, 0.15) is 11.9 Å². The molecule has 0 aliphatic heterocycles. The van der Waals surface area contributed by atoms with E-state index in [-0.39, 0.29) is 18.2 Å². The van der Waals surface area contributed by atoms with E-state index in [1.54, 1.807) is 0 Å². The SMILES string of the molecule is C[C@@H](N)c1ccc(Br)cc1OC1CCCCC1O. The lowest BCUT2D eigenvalue weighted by atomic mass is 9.94. The lowest BCUT2D eigenvalue weighted by molar-refractivity contribution is 0.00624. The molecule has 1 aliphatic rings. The van der Waals surface area contributed by atoms with E-state index in [2.05, 4.69) is 15.9 Å². The van der Waals surface area contributed by atoms with Crippen LogP contribution in [0, 0.1) is 0 Å². The summed E-state index contributed by atoms with van der Waals surface area (Å²) in [7, 11) is 0. The van der Waals surface area contributed by atoms with Crippen molar-refractivity contribution in [3.8, 4) is 5.75 Å². The van der Waals surface area contributed by atoms with Gasteiger partial charge in [0, 0.05) is 16.1 Å². The molecule has 1 aromatic rings. The van der Waals surface area contributed by atoms with Crippen LogP contribution in [0.15, 0.2) is 22.7 Å². The minimum Gasteiger partial charge on any atom is -0.487 e. The van der Waals surface area contributed by atoms with E-state index in [1.165, 1.54) is 0 Å². The predicted octanol–water partition coefficient (Wildman–Crippen LogP) is 3.15. The van der Waals surface area contributed by atoms with Crippen molar-refractivity contribution < 1.29 is 9.84 Å². The quantitative estimate of drug-likeness (QED) is 0.901. The highest BCUT2D eigenvalue weighted by Crippen LogP contribution is 2.31. The molecule has 4 heteroatoms. The molecule has 0 radical (unpaired) electrons. The maximum absolute atomic E-state index is 9.96. The van der Waals surface area contributed by atoms with E-state index in [4.69, 9.17) is 10.5 Å². The van der Waals surface area contributed by atoms with E-state index in [0.717, 1.165) is 41.5 Å². The van der Waals surface area contributed by atoms with Crippen LogP contribution in [0.2, 0.25) is 0 Å². The number of halogens is 1. The van der Waals surface area contributed by atoms with Crippen LogP contribution in [0.4, 0.5) is 0 Å². The van der Waals surface area contributed by atoms with Gasteiger partial charge in [-0.25, -0.2) is 0 Å². The van der Waals surface area contributed by atoms with E-state index in [9.17, 15) is 5.11 Å². The van der Waals surface area contributed by atoms with Gasteiger partial charge < -0.3 is 15.6 Å². The number of aliphatic hydroxyl groups excluding tert-OH is 1. The second kappa shape index (κ2) is 6.04. The summed E-state index contributed by atoms with van der Waals surface area (Å²) >= 11 is 3.44. The molecule has 1 saturated carbocycles. The fourth-order valence-corrected chi connectivity index (χ4v) is 2.70. The lowest BCUT2D eigenvalue weighted by Gasteiger charge is -2.29. The third-order valence-corrected chi connectivity index (χ3v) is 3.91. The molecule has 0 spiro atoms. The average Bonchev–Trinajstić information content (AvgIpc) is 2.32. The largest absolute Gasteiger partial charge is 0.487 e. The van der Waals surface area contributed by atoms with Crippen LogP contribution in [-0.2, 0) is 0 Å². The number of benzene rings is 1. The van der Waals surface area contributed by atoms with Gasteiger partial charge in [0.05, 0.1) is 6.10 Å². The van der Waals surface area contributed by atoms with Gasteiger partial charge in [0.2, 0.25) is 0 Å². The second-order valence-electron chi connectivity index (χ2n) is 4.98. The highest BCUT2D eigenvalue weighted by molar-refractivity contribution is 9.10. The minimum absolute atomic E-state index is 0.0752. The molecule has 1 fully saturated rings. The fraction of sp³-hybridized carbons (Fsp3) is 0.571. The zero-order valence-corrected chi connectivity index (χ0v) is 12.2. The molecule has 100 valence electrons. The monoisotopic (exact) mass is 313 g/mol. The summed E-state index contributed by atoms with van der Waals surface area (Å²) in [6.45, 7) is 1.94. The van der Waals surface area contributed by atoms with E-state index in [0.29, 0.717) is 0 Å². The van der Waals surface area contributed by atoms with Crippen molar-refractivity contribution in [2.24, 2.45) is 5.73 Å². The summed E-state index contributed by atoms with van der Waals surface area (Å²) in [5.41, 5.74) is 6.93. The zero-order valence-electron chi connectivity index (χ0n) is 10.6. The van der Waals surface area contributed by atoms with Gasteiger partial charge in [-0.3, -0.25) is 0 Å². The highest BCUT2D eigenvalue weighted by atomic mass is 79.9. The first-order chi connectivity index (χ1) is 8.58. The first kappa shape index (κ1) is 13.8. The molecule has 0 bridgehead atoms. The van der Waals surface area contributed by atoms with Crippen molar-refractivity contribution in [1.29, 1.82) is 0 Å². The Morgan fingerprint density at radius 2 is 2.11 bits per heavy atom. The van der Waals surface area contributed by atoms with Crippen LogP contribution in [0.5, 0.6) is 5.75 Å². The second-order valence-corrected chi connectivity index (χ2v) is 5.89. The molecular formula is C14H20BrNO2. The van der Waals surface area contributed by atoms with Crippen molar-refractivity contribution in [1.82, 2.24) is 0 Å². The van der Waals surface area contributed by atoms with Gasteiger partial charge >= 0.3 is 0 Å². The first-order valence-corrected chi connectivity index (χ1v) is 7.27. The molecule has 1 aromatic carbocycles. The maximum Gasteiger partial charge on any atom is 0.125 e. The van der Waals surface area contributed by atoms with Gasteiger partial charge in [-0.2, -0.15) is 0 Å². The van der Waals surface area contributed by atoms with E-state index < -0.39 is 0 Å². The molecule has 0 heterocycles. The zero-order chi connectivity index (χ0) is 13.1. The van der Waals surface area contributed by atoms with Crippen LogP contribution in [0.1, 0.15) is 44.2 Å². The van der Waals surface area contributed by atoms with E-state index >= 15 is 0 Å². The molecule has 0 aromatic heterocycles. The van der Waals surface area contributed by atoms with Crippen LogP contribution in [0.25, 0.3) is 0 Å². The smallest absolute Gasteiger partial charge is 0.125 e. The van der Waals surface area contributed by atoms with Crippen molar-refractivity contribution in [3.63, 3.8) is 0 Å². The number of ether oxygens (including phenoxy) is 1. The first-order valence-electron chi connectivity index (χ1n) is 6.47. The van der Waals surface area contributed by atoms with Crippen LogP contribution < -0.4 is 10.5 Å². The molecule has 3 N–H and O–H groups in total. The van der Waals surface area contributed by atoms with Gasteiger partial charge in [-0.05, 0) is 38.3 Å². The van der Waals surface area contributed by atoms with Crippen molar-refractivity contribution in [2.75, 3.05) is 0 Å². The number of hydrogen-bond acceptors (Lipinski definition) is 3. The summed E-state index contributed by atoms with van der Waals surface area (Å²) < 4.78 is 6.95. The Morgan fingerprint density at radius 3 is 2.78 bits per heavy atom. The Hall–Kier alpha value is -0.580. The Balaban J connectivity index is 2.18. The molecule has 3 nitrogen and oxygen atoms in total. The third kappa shape index (κ3) is 3.25. The molecule has 18 heavy (non-hydrogen) atoms. The van der Waals surface area contributed by atoms with Gasteiger partial charge in [-0.1, -0.05) is 28.4 Å². The minimum atomic E-state index is -0.362. The molecular weight excluding hydrogens is 294 g/mol. The fourth-order valence-electron chi connectivity index (χ4n) is 2.36. The molecule has 0 saturated heterocycles. The summed E-state index contributed by atoms with van der Waals surface area (Å²) in [5, 5.41) is 9.96. The number of aliphatic hydroxyl groups is 1. The van der Waals surface area contributed by atoms with Crippen molar-refractivity contribution >= 4 is 15.9 Å². The molecule has 2 rings (SSSR count). The Bertz CT molecular complexity index is 409. The molecule has 2 unspecified atom stereocenters. The van der Waals surface area contributed by atoms with Crippen molar-refractivity contribution in [3.05, 3.63) is 28.2 Å². The Labute approximate surface area is 116 Å². The summed E-state index contributed by atoms with van der Waals surface area (Å²) in [6.07, 6.45) is 3.46. The number of hydrogen-bond donors (Lipinski definition) is 2. The van der Waals surface area contributed by atoms with E-state index in [1.807, 2.05) is 25.1 Å². The van der Waals surface area contributed by atoms with Crippen LogP contribution >= 0.6 is 15.9 Å². The van der Waals surface area contributed by atoms with Gasteiger partial charge in [-0.15, -0.1) is 0 Å². The predicted molar refractivity (Wildman–Crippen MR) is 75.6 cm³/mol. The van der Waals surface area contributed by atoms with Crippen molar-refractivity contribution in [2.45, 2.75) is 50.9 Å². The third-order valence-electron chi connectivity index (χ3n) is 3.41. The Kier molecular flexibility index (Phi) is 4.65. The normalized spacial score (nSPS) is 25.8. The molecule has 3 atom stereocenters. The number of nitrogens with two attached hydrogens (primary N) is 1. The molecule has 1 aliphatic carbocycles. The summed E-state index contributed by atoms with van der Waals surface area (Å²) in [5.74, 6) is 0.783. The molecule has 0 amide bonds. The van der Waals surface area contributed by atoms with Crippen LogP contribution in [0.3, 0.4) is 0 Å². The maximum atomic E-state index is 9.96. The topological polar surface area (TPSA) is 55.5 Å². The average molecular weight is 314 g/mol. The van der Waals surface area contributed by atoms with Crippen LogP contribution in [-0.4, -0.2) is 17.3 Å². The number of rotatable bonds is 3. The highest BCUT2D eigenvalue weighted by Gasteiger charge is 2.25. The Morgan fingerprint density at radius 1 is 1.39 bits per heavy atom. The standard InChI is InChI=1S/C14H20BrNO2/c1-9(16)11-7-6-10(15)8-14(11)18-13-5-3-2-4-12(13)17/h6-9,12-13,17H,2-5,16H2,1H3/t9-,12?,13?/m1/s1. The summed E-state index contributed by atoms with van der Waals surface area (Å²) in [4.78, 5) is 0. The lowest BCUT2D eigenvalue weighted by Crippen LogP contribution is -2.35. The van der Waals surface area contributed by atoms with Gasteiger partial charge in [0.15, 0.2) is 0 Å².